The highest BCUT2D eigenvalue weighted by Gasteiger charge is 2.47. The van der Waals surface area contributed by atoms with E-state index in [4.69, 9.17) is 21.1 Å². The third-order valence-corrected chi connectivity index (χ3v) is 5.40. The third-order valence-electron chi connectivity index (χ3n) is 5.20. The summed E-state index contributed by atoms with van der Waals surface area (Å²) < 4.78 is 11.0. The van der Waals surface area contributed by atoms with E-state index in [-0.39, 0.29) is 6.04 Å². The van der Waals surface area contributed by atoms with Crippen LogP contribution in [-0.4, -0.2) is 57.4 Å². The number of anilines is 1. The van der Waals surface area contributed by atoms with E-state index in [2.05, 4.69) is 14.9 Å². The summed E-state index contributed by atoms with van der Waals surface area (Å²) in [5.74, 6) is 1.49. The van der Waals surface area contributed by atoms with Crippen LogP contribution in [0.3, 0.4) is 0 Å². The van der Waals surface area contributed by atoms with Crippen LogP contribution in [0.15, 0.2) is 12.4 Å². The molecule has 2 aliphatic rings. The Hall–Kier alpha value is -2.09. The van der Waals surface area contributed by atoms with Gasteiger partial charge in [-0.3, -0.25) is 0 Å². The van der Waals surface area contributed by atoms with Crippen LogP contribution in [0.1, 0.15) is 54.4 Å². The Bertz CT molecular complexity index is 746. The number of aromatic nitrogens is 2. The summed E-state index contributed by atoms with van der Waals surface area (Å²) in [6.45, 7) is 12.3. The molecule has 2 amide bonds. The van der Waals surface area contributed by atoms with E-state index in [0.29, 0.717) is 29.8 Å². The summed E-state index contributed by atoms with van der Waals surface area (Å²) in [6.07, 6.45) is 3.33. The van der Waals surface area contributed by atoms with Crippen LogP contribution in [0.2, 0.25) is 5.15 Å². The van der Waals surface area contributed by atoms with Crippen molar-refractivity contribution in [3.8, 4) is 0 Å². The Morgan fingerprint density at radius 3 is 1.87 bits per heavy atom. The molecule has 0 N–H and O–H groups in total. The van der Waals surface area contributed by atoms with Gasteiger partial charge in [0, 0.05) is 19.1 Å². The fraction of sp³-hybridized carbons (Fsp3) is 0.714. The van der Waals surface area contributed by atoms with Gasteiger partial charge >= 0.3 is 12.2 Å². The number of nitrogens with zero attached hydrogens (tertiary/aromatic N) is 4. The van der Waals surface area contributed by atoms with Gasteiger partial charge in [0.25, 0.3) is 0 Å². The average molecular weight is 439 g/mol. The van der Waals surface area contributed by atoms with E-state index >= 15 is 0 Å². The Kier molecular flexibility index (Phi) is 6.18. The topological polar surface area (TPSA) is 84.9 Å². The zero-order chi connectivity index (χ0) is 22.3. The molecular weight excluding hydrogens is 408 g/mol. The highest BCUT2D eigenvalue weighted by atomic mass is 35.5. The first-order valence-corrected chi connectivity index (χ1v) is 10.7. The van der Waals surface area contributed by atoms with Crippen LogP contribution in [0, 0.1) is 11.8 Å². The molecule has 9 heteroatoms. The summed E-state index contributed by atoms with van der Waals surface area (Å²) in [5, 5.41) is 0.364. The number of hydrogen-bond acceptors (Lipinski definition) is 7. The number of imide groups is 1. The molecule has 1 aromatic heterocycles. The Morgan fingerprint density at radius 2 is 1.47 bits per heavy atom. The predicted molar refractivity (Wildman–Crippen MR) is 114 cm³/mol. The number of carbonyl (C=O) groups excluding carboxylic acids is 2. The maximum atomic E-state index is 12.9. The van der Waals surface area contributed by atoms with Crippen molar-refractivity contribution in [1.82, 2.24) is 14.9 Å². The summed E-state index contributed by atoms with van der Waals surface area (Å²) >= 11 is 5.83. The molecule has 30 heavy (non-hydrogen) atoms. The SMILES string of the molecule is CC(C)(C)OC(=O)N(C(=O)OC(C)(C)C)C1C[C@@H]2CN(c3cnc(Cl)cn3)C[C@@H]2C1. The lowest BCUT2D eigenvalue weighted by atomic mass is 10.0. The first-order chi connectivity index (χ1) is 13.8. The van der Waals surface area contributed by atoms with Gasteiger partial charge in [0.2, 0.25) is 0 Å². The summed E-state index contributed by atoms with van der Waals surface area (Å²) in [5.41, 5.74) is -1.40. The molecule has 3 rings (SSSR count). The normalized spacial score (nSPS) is 23.8. The van der Waals surface area contributed by atoms with E-state index in [9.17, 15) is 9.59 Å². The standard InChI is InChI=1S/C21H31ClN4O4/c1-20(2,3)29-18(27)26(19(28)30-21(4,5)6)15-7-13-11-25(12-14(13)8-15)17-10-23-16(22)9-24-17/h9-10,13-15H,7-8,11-12H2,1-6H3/t13-,14+,15?. The van der Waals surface area contributed by atoms with Crippen molar-refractivity contribution in [2.24, 2.45) is 11.8 Å². The minimum absolute atomic E-state index is 0.247. The van der Waals surface area contributed by atoms with Crippen LogP contribution in [0.25, 0.3) is 0 Å². The van der Waals surface area contributed by atoms with E-state index in [1.807, 2.05) is 0 Å². The van der Waals surface area contributed by atoms with Crippen molar-refractivity contribution in [2.75, 3.05) is 18.0 Å². The number of rotatable bonds is 2. The molecule has 2 fully saturated rings. The van der Waals surface area contributed by atoms with Crippen LogP contribution >= 0.6 is 11.6 Å². The lowest BCUT2D eigenvalue weighted by molar-refractivity contribution is -0.00730. The van der Waals surface area contributed by atoms with Crippen molar-refractivity contribution in [2.45, 2.75) is 71.6 Å². The van der Waals surface area contributed by atoms with Gasteiger partial charge in [-0.2, -0.15) is 0 Å². The van der Waals surface area contributed by atoms with Crippen molar-refractivity contribution < 1.29 is 19.1 Å². The maximum absolute atomic E-state index is 12.9. The zero-order valence-electron chi connectivity index (χ0n) is 18.5. The van der Waals surface area contributed by atoms with Crippen molar-refractivity contribution in [3.63, 3.8) is 0 Å². The van der Waals surface area contributed by atoms with E-state index < -0.39 is 23.4 Å². The molecule has 1 saturated heterocycles. The molecular formula is C21H31ClN4O4. The van der Waals surface area contributed by atoms with E-state index in [1.165, 1.54) is 4.90 Å². The Morgan fingerprint density at radius 1 is 0.967 bits per heavy atom. The third kappa shape index (κ3) is 5.53. The molecule has 3 atom stereocenters. The fourth-order valence-corrected chi connectivity index (χ4v) is 4.23. The first-order valence-electron chi connectivity index (χ1n) is 10.3. The first kappa shape index (κ1) is 22.6. The molecule has 1 aliphatic carbocycles. The molecule has 0 bridgehead atoms. The van der Waals surface area contributed by atoms with Gasteiger partial charge in [-0.1, -0.05) is 11.6 Å². The maximum Gasteiger partial charge on any atom is 0.420 e. The van der Waals surface area contributed by atoms with Gasteiger partial charge in [-0.05, 0) is 66.2 Å². The van der Waals surface area contributed by atoms with Crippen molar-refractivity contribution >= 4 is 29.6 Å². The molecule has 166 valence electrons. The number of hydrogen-bond donors (Lipinski definition) is 0. The molecule has 0 aromatic carbocycles. The molecule has 1 aliphatic heterocycles. The average Bonchev–Trinajstić information content (AvgIpc) is 3.11. The number of halogens is 1. The number of ether oxygens (including phenoxy) is 2. The largest absolute Gasteiger partial charge is 0.443 e. The summed E-state index contributed by atoms with van der Waals surface area (Å²) in [6, 6.07) is -0.247. The van der Waals surface area contributed by atoms with Gasteiger partial charge in [0.15, 0.2) is 0 Å². The van der Waals surface area contributed by atoms with Gasteiger partial charge in [0.05, 0.1) is 12.4 Å². The predicted octanol–water partition coefficient (Wildman–Crippen LogP) is 4.52. The summed E-state index contributed by atoms with van der Waals surface area (Å²) in [7, 11) is 0. The van der Waals surface area contributed by atoms with E-state index in [0.717, 1.165) is 18.9 Å². The second-order valence-electron chi connectivity index (χ2n) is 10.1. The van der Waals surface area contributed by atoms with Crippen molar-refractivity contribution in [1.29, 1.82) is 0 Å². The number of fused-ring (bicyclic) bond motifs is 1. The van der Waals surface area contributed by atoms with E-state index in [1.54, 1.807) is 53.9 Å². The Balaban J connectivity index is 1.71. The zero-order valence-corrected chi connectivity index (χ0v) is 19.3. The summed E-state index contributed by atoms with van der Waals surface area (Å²) in [4.78, 5) is 37.6. The van der Waals surface area contributed by atoms with Crippen LogP contribution in [0.5, 0.6) is 0 Å². The second-order valence-corrected chi connectivity index (χ2v) is 10.5. The van der Waals surface area contributed by atoms with Gasteiger partial charge in [0.1, 0.15) is 22.2 Å². The van der Waals surface area contributed by atoms with Gasteiger partial charge < -0.3 is 14.4 Å². The lowest BCUT2D eigenvalue weighted by Gasteiger charge is -2.32. The smallest absolute Gasteiger partial charge is 0.420 e. The molecule has 1 unspecified atom stereocenters. The molecule has 1 saturated carbocycles. The molecule has 0 radical (unpaired) electrons. The van der Waals surface area contributed by atoms with Crippen molar-refractivity contribution in [3.05, 3.63) is 17.5 Å². The Labute approximate surface area is 182 Å². The monoisotopic (exact) mass is 438 g/mol. The van der Waals surface area contributed by atoms with Crippen LogP contribution in [0.4, 0.5) is 15.4 Å². The highest BCUT2D eigenvalue weighted by molar-refractivity contribution is 6.29. The highest BCUT2D eigenvalue weighted by Crippen LogP contribution is 2.42. The number of carbonyl (C=O) groups is 2. The van der Waals surface area contributed by atoms with Crippen LogP contribution in [-0.2, 0) is 9.47 Å². The fourth-order valence-electron chi connectivity index (χ4n) is 4.13. The van der Waals surface area contributed by atoms with Crippen LogP contribution < -0.4 is 4.90 Å². The minimum Gasteiger partial charge on any atom is -0.443 e. The van der Waals surface area contributed by atoms with Gasteiger partial charge in [-0.25, -0.2) is 24.5 Å². The molecule has 1 aromatic rings. The minimum atomic E-state index is -0.699. The quantitative estimate of drug-likeness (QED) is 0.671. The number of amides is 2. The van der Waals surface area contributed by atoms with Gasteiger partial charge in [-0.15, -0.1) is 0 Å². The second kappa shape index (κ2) is 8.21. The lowest BCUT2D eigenvalue weighted by Crippen LogP contribution is -2.48. The molecule has 0 spiro atoms. The molecule has 2 heterocycles. The molecule has 8 nitrogen and oxygen atoms in total.